The first-order valence-electron chi connectivity index (χ1n) is 13.9. The van der Waals surface area contributed by atoms with E-state index in [1.807, 2.05) is 35.7 Å². The number of carbonyl (C=O) groups is 3. The average molecular weight is 561 g/mol. The maximum Gasteiger partial charge on any atom is 0.304 e. The van der Waals surface area contributed by atoms with Crippen molar-refractivity contribution in [3.05, 3.63) is 41.9 Å². The Morgan fingerprint density at radius 2 is 1.93 bits per heavy atom. The first-order valence-corrected chi connectivity index (χ1v) is 14.8. The van der Waals surface area contributed by atoms with E-state index in [1.54, 1.807) is 18.1 Å². The zero-order valence-corrected chi connectivity index (χ0v) is 23.2. The maximum atomic E-state index is 13.8. The molecule has 3 aromatic rings. The van der Waals surface area contributed by atoms with Crippen molar-refractivity contribution in [1.29, 1.82) is 0 Å². The summed E-state index contributed by atoms with van der Waals surface area (Å²) in [7, 11) is 1.68. The highest BCUT2D eigenvalue weighted by atomic mass is 32.1. The molecule has 0 unspecified atom stereocenters. The van der Waals surface area contributed by atoms with E-state index in [0.717, 1.165) is 60.9 Å². The van der Waals surface area contributed by atoms with Crippen LogP contribution in [0.15, 0.2) is 41.9 Å². The number of rotatable bonds is 9. The van der Waals surface area contributed by atoms with Crippen LogP contribution in [-0.2, 0) is 14.4 Å². The lowest BCUT2D eigenvalue weighted by Crippen LogP contribution is -2.39. The summed E-state index contributed by atoms with van der Waals surface area (Å²) < 4.78 is 5.65. The second kappa shape index (κ2) is 11.0. The predicted molar refractivity (Wildman–Crippen MR) is 153 cm³/mol. The molecule has 10 heteroatoms. The highest BCUT2D eigenvalue weighted by Crippen LogP contribution is 2.41. The number of likely N-dealkylation sites (N-methyl/N-ethyl adjacent to an activating group) is 1. The van der Waals surface area contributed by atoms with Gasteiger partial charge in [-0.3, -0.25) is 24.2 Å². The van der Waals surface area contributed by atoms with E-state index in [1.165, 1.54) is 16.2 Å². The normalized spacial score (nSPS) is 17.8. The summed E-state index contributed by atoms with van der Waals surface area (Å²) in [6.45, 7) is -0.0274. The molecule has 0 bridgehead atoms. The molecule has 1 N–H and O–H groups in total. The minimum Gasteiger partial charge on any atom is -0.481 e. The topological polar surface area (TPSA) is 113 Å². The molecule has 0 spiro atoms. The molecule has 1 aliphatic heterocycles. The van der Waals surface area contributed by atoms with Crippen molar-refractivity contribution in [3.8, 4) is 28.1 Å². The number of ether oxygens (including phenoxy) is 1. The number of aromatic nitrogens is 2. The van der Waals surface area contributed by atoms with Gasteiger partial charge in [-0.2, -0.15) is 0 Å². The molecule has 3 heterocycles. The number of carboxylic acid groups (broad SMARTS) is 1. The summed E-state index contributed by atoms with van der Waals surface area (Å²) in [6.07, 6.45) is 8.46. The van der Waals surface area contributed by atoms with Gasteiger partial charge >= 0.3 is 5.97 Å². The highest BCUT2D eigenvalue weighted by molar-refractivity contribution is 7.14. The van der Waals surface area contributed by atoms with Crippen molar-refractivity contribution in [2.45, 2.75) is 57.4 Å². The molecule has 0 radical (unpaired) electrons. The van der Waals surface area contributed by atoms with Gasteiger partial charge in [0.05, 0.1) is 12.1 Å². The minimum atomic E-state index is -0.931. The smallest absolute Gasteiger partial charge is 0.304 e. The molecule has 1 aromatic carbocycles. The third kappa shape index (κ3) is 5.32. The fourth-order valence-corrected chi connectivity index (χ4v) is 6.74. The van der Waals surface area contributed by atoms with Gasteiger partial charge in [0.25, 0.3) is 5.91 Å². The van der Waals surface area contributed by atoms with Crippen molar-refractivity contribution in [2.75, 3.05) is 23.5 Å². The number of carboxylic acids is 1. The number of thiazole rings is 1. The van der Waals surface area contributed by atoms with Crippen LogP contribution in [0.2, 0.25) is 0 Å². The van der Waals surface area contributed by atoms with Gasteiger partial charge in [-0.1, -0.05) is 49.9 Å². The number of nitrogens with zero attached hydrogens (tertiary/aromatic N) is 4. The van der Waals surface area contributed by atoms with Crippen molar-refractivity contribution in [3.63, 3.8) is 0 Å². The second-order valence-corrected chi connectivity index (χ2v) is 11.8. The quantitative estimate of drug-likeness (QED) is 0.373. The zero-order valence-electron chi connectivity index (χ0n) is 22.4. The Hall–Kier alpha value is -3.79. The van der Waals surface area contributed by atoms with Gasteiger partial charge in [0, 0.05) is 41.7 Å². The van der Waals surface area contributed by atoms with Crippen LogP contribution in [0.5, 0.6) is 5.75 Å². The minimum absolute atomic E-state index is 0.0274. The molecule has 1 atom stereocenters. The highest BCUT2D eigenvalue weighted by Gasteiger charge is 2.40. The molecule has 2 aromatic heterocycles. The van der Waals surface area contributed by atoms with Gasteiger partial charge in [0.15, 0.2) is 23.3 Å². The van der Waals surface area contributed by atoms with E-state index in [9.17, 15) is 19.5 Å². The fourth-order valence-electron chi connectivity index (χ4n) is 5.84. The Morgan fingerprint density at radius 1 is 1.18 bits per heavy atom. The Morgan fingerprint density at radius 3 is 2.65 bits per heavy atom. The molecule has 3 aliphatic rings. The Balaban J connectivity index is 1.30. The van der Waals surface area contributed by atoms with Crippen molar-refractivity contribution in [2.24, 2.45) is 11.8 Å². The molecule has 2 amide bonds. The number of benzene rings is 1. The average Bonchev–Trinajstić information content (AvgIpc) is 3.42. The van der Waals surface area contributed by atoms with Gasteiger partial charge in [-0.25, -0.2) is 9.97 Å². The zero-order chi connectivity index (χ0) is 27.8. The monoisotopic (exact) mass is 560 g/mol. The van der Waals surface area contributed by atoms with E-state index < -0.39 is 11.9 Å². The number of carbonyl (C=O) groups excluding carboxylic acids is 2. The summed E-state index contributed by atoms with van der Waals surface area (Å²) in [6, 6.07) is 9.83. The van der Waals surface area contributed by atoms with Gasteiger partial charge < -0.3 is 9.84 Å². The van der Waals surface area contributed by atoms with Crippen LogP contribution < -0.4 is 14.5 Å². The number of aliphatic carboxylic acids is 1. The first-order chi connectivity index (χ1) is 19.4. The molecule has 9 nitrogen and oxygen atoms in total. The number of pyridine rings is 1. The number of fused-ring (bicyclic) bond motifs is 1. The van der Waals surface area contributed by atoms with Crippen molar-refractivity contribution in [1.82, 2.24) is 9.97 Å². The van der Waals surface area contributed by atoms with Crippen molar-refractivity contribution >= 4 is 40.1 Å². The number of anilines is 2. The third-order valence-electron chi connectivity index (χ3n) is 8.10. The predicted octanol–water partition coefficient (Wildman–Crippen LogP) is 5.39. The molecule has 0 saturated heterocycles. The maximum absolute atomic E-state index is 13.8. The van der Waals surface area contributed by atoms with Crippen LogP contribution in [0.25, 0.3) is 22.4 Å². The van der Waals surface area contributed by atoms with Crippen LogP contribution in [0.3, 0.4) is 0 Å². The van der Waals surface area contributed by atoms with E-state index in [4.69, 9.17) is 9.72 Å². The van der Waals surface area contributed by atoms with Gasteiger partial charge in [0.1, 0.15) is 0 Å². The lowest BCUT2D eigenvalue weighted by molar-refractivity contribution is -0.141. The lowest BCUT2D eigenvalue weighted by atomic mass is 9.90. The first kappa shape index (κ1) is 26.4. The van der Waals surface area contributed by atoms with Gasteiger partial charge in [0.2, 0.25) is 5.91 Å². The number of amides is 2. The standard InChI is InChI=1S/C30H32N4O5S/c1-33-26(35)16-39-25-13-20(15-31-28(25)33)22-8-4-5-9-23(22)24-17-40-30(32-24)34(21-10-11-21)29(38)19(14-27(36)37)12-18-6-2-3-7-18/h4-5,8-9,13,15,17-19,21H,2-3,6-7,10-12,14,16H2,1H3,(H,36,37)/t19-/m1/s1. The molecule has 40 heavy (non-hydrogen) atoms. The van der Waals surface area contributed by atoms with Crippen molar-refractivity contribution < 1.29 is 24.2 Å². The SMILES string of the molecule is CN1C(=O)COc2cc(-c3ccccc3-c3csc(N(C(=O)[C@@H](CC(=O)O)CC4CCCC4)C4CC4)n3)cnc21. The Labute approximate surface area is 236 Å². The van der Waals surface area contributed by atoms with E-state index in [-0.39, 0.29) is 30.9 Å². The van der Waals surface area contributed by atoms with E-state index >= 15 is 0 Å². The molecular weight excluding hydrogens is 528 g/mol. The van der Waals surface area contributed by atoms with E-state index in [2.05, 4.69) is 4.98 Å². The second-order valence-electron chi connectivity index (χ2n) is 11.0. The molecule has 2 aliphatic carbocycles. The summed E-state index contributed by atoms with van der Waals surface area (Å²) in [4.78, 5) is 50.2. The van der Waals surface area contributed by atoms with Gasteiger partial charge in [-0.15, -0.1) is 11.3 Å². The third-order valence-corrected chi connectivity index (χ3v) is 8.94. The van der Waals surface area contributed by atoms with Crippen LogP contribution in [-0.4, -0.2) is 52.6 Å². The lowest BCUT2D eigenvalue weighted by Gasteiger charge is -2.26. The summed E-state index contributed by atoms with van der Waals surface area (Å²) in [5, 5.41) is 12.2. The number of hydrogen-bond donors (Lipinski definition) is 1. The summed E-state index contributed by atoms with van der Waals surface area (Å²) in [5.74, 6) is -0.273. The fraction of sp³-hybridized carbons (Fsp3) is 0.433. The van der Waals surface area contributed by atoms with Crippen LogP contribution >= 0.6 is 11.3 Å². The molecule has 2 fully saturated rings. The molecule has 6 rings (SSSR count). The largest absolute Gasteiger partial charge is 0.481 e. The summed E-state index contributed by atoms with van der Waals surface area (Å²) in [5.41, 5.74) is 3.38. The van der Waals surface area contributed by atoms with Crippen LogP contribution in [0, 0.1) is 11.8 Å². The van der Waals surface area contributed by atoms with E-state index in [0.29, 0.717) is 29.0 Å². The van der Waals surface area contributed by atoms with Crippen LogP contribution in [0.1, 0.15) is 51.4 Å². The summed E-state index contributed by atoms with van der Waals surface area (Å²) >= 11 is 1.42. The molecule has 2 saturated carbocycles. The molecular formula is C30H32N4O5S. The number of hydrogen-bond acceptors (Lipinski definition) is 7. The van der Waals surface area contributed by atoms with Crippen LogP contribution in [0.4, 0.5) is 10.9 Å². The Kier molecular flexibility index (Phi) is 7.27. The van der Waals surface area contributed by atoms with Gasteiger partial charge in [-0.05, 0) is 36.8 Å². The molecule has 208 valence electrons. The Bertz CT molecular complexity index is 1450.